The average Bonchev–Trinajstić information content (AvgIpc) is 2.55. The van der Waals surface area contributed by atoms with E-state index in [1.807, 2.05) is 42.7 Å². The highest BCUT2D eigenvalue weighted by atomic mass is 35.5. The summed E-state index contributed by atoms with van der Waals surface area (Å²) in [6.45, 7) is 0. The van der Waals surface area contributed by atoms with Gasteiger partial charge in [-0.2, -0.15) is 0 Å². The second kappa shape index (κ2) is 5.85. The molecule has 0 atom stereocenters. The lowest BCUT2D eigenvalue weighted by Gasteiger charge is -2.13. The summed E-state index contributed by atoms with van der Waals surface area (Å²) in [6, 6.07) is 14.2. The number of nitrogens with zero attached hydrogens (tertiary/aromatic N) is 2. The fraction of sp³-hybridized carbons (Fsp3) is 0.0588. The van der Waals surface area contributed by atoms with E-state index in [4.69, 9.17) is 11.6 Å². The van der Waals surface area contributed by atoms with Crippen LogP contribution in [0.3, 0.4) is 0 Å². The first kappa shape index (κ1) is 12.8. The van der Waals surface area contributed by atoms with Crippen LogP contribution >= 0.6 is 11.6 Å². The molecule has 0 spiro atoms. The van der Waals surface area contributed by atoms with Crippen molar-refractivity contribution < 1.29 is 0 Å². The first-order chi connectivity index (χ1) is 9.90. The molecule has 3 heteroatoms. The largest absolute Gasteiger partial charge is 0.264 e. The van der Waals surface area contributed by atoms with E-state index in [2.05, 4.69) is 22.1 Å². The number of pyridine rings is 2. The lowest BCUT2D eigenvalue weighted by molar-refractivity contribution is 1.30. The molecule has 98 valence electrons. The Bertz CT molecular complexity index is 639. The molecule has 0 N–H and O–H groups in total. The second-order valence-corrected chi connectivity index (χ2v) is 4.72. The van der Waals surface area contributed by atoms with E-state index in [1.165, 1.54) is 0 Å². The molecule has 0 bridgehead atoms. The van der Waals surface area contributed by atoms with Gasteiger partial charge in [0.1, 0.15) is 0 Å². The van der Waals surface area contributed by atoms with Crippen molar-refractivity contribution in [3.8, 4) is 22.3 Å². The minimum absolute atomic E-state index is 0.454. The van der Waals surface area contributed by atoms with Crippen LogP contribution in [0.25, 0.3) is 22.3 Å². The van der Waals surface area contributed by atoms with E-state index < -0.39 is 0 Å². The molecule has 3 rings (SSSR count). The number of hydrogen-bond acceptors (Lipinski definition) is 2. The Balaban J connectivity index is 2.19. The van der Waals surface area contributed by atoms with Crippen LogP contribution in [0.1, 0.15) is 5.56 Å². The molecule has 0 aliphatic heterocycles. The zero-order chi connectivity index (χ0) is 13.8. The summed E-state index contributed by atoms with van der Waals surface area (Å²) in [5, 5.41) is 0. The molecule has 0 saturated carbocycles. The minimum atomic E-state index is 0.454. The van der Waals surface area contributed by atoms with Crippen molar-refractivity contribution in [2.45, 2.75) is 5.88 Å². The van der Waals surface area contributed by atoms with E-state index in [-0.39, 0.29) is 0 Å². The highest BCUT2D eigenvalue weighted by Crippen LogP contribution is 2.32. The molecular weight excluding hydrogens is 268 g/mol. The molecule has 0 fully saturated rings. The van der Waals surface area contributed by atoms with Crippen LogP contribution < -0.4 is 0 Å². The van der Waals surface area contributed by atoms with Crippen LogP contribution in [-0.4, -0.2) is 9.97 Å². The van der Waals surface area contributed by atoms with E-state index in [0.717, 1.165) is 27.8 Å². The van der Waals surface area contributed by atoms with Crippen molar-refractivity contribution >= 4 is 11.6 Å². The third-order valence-corrected chi connectivity index (χ3v) is 3.52. The molecule has 3 aromatic rings. The van der Waals surface area contributed by atoms with Crippen LogP contribution in [0.4, 0.5) is 0 Å². The third kappa shape index (κ3) is 2.43. The second-order valence-electron chi connectivity index (χ2n) is 4.45. The van der Waals surface area contributed by atoms with Gasteiger partial charge in [-0.15, -0.1) is 11.6 Å². The molecule has 2 aromatic heterocycles. The Morgan fingerprint density at radius 3 is 1.70 bits per heavy atom. The predicted octanol–water partition coefficient (Wildman–Crippen LogP) is 4.55. The van der Waals surface area contributed by atoms with Crippen molar-refractivity contribution in [2.24, 2.45) is 0 Å². The van der Waals surface area contributed by atoms with Gasteiger partial charge < -0.3 is 0 Å². The monoisotopic (exact) mass is 280 g/mol. The van der Waals surface area contributed by atoms with Crippen LogP contribution in [0.15, 0.2) is 67.3 Å². The summed E-state index contributed by atoms with van der Waals surface area (Å²) in [4.78, 5) is 8.37. The summed E-state index contributed by atoms with van der Waals surface area (Å²) in [7, 11) is 0. The quantitative estimate of drug-likeness (QED) is 0.658. The molecular formula is C17H13ClN2. The normalized spacial score (nSPS) is 10.4. The number of benzene rings is 1. The molecule has 0 radical (unpaired) electrons. The summed E-state index contributed by atoms with van der Waals surface area (Å²) in [5.74, 6) is 0.454. The van der Waals surface area contributed by atoms with Crippen LogP contribution in [0.5, 0.6) is 0 Å². The Morgan fingerprint density at radius 1 is 0.750 bits per heavy atom. The maximum Gasteiger partial charge on any atom is 0.0486 e. The molecule has 1 aromatic carbocycles. The molecule has 2 heterocycles. The standard InChI is InChI=1S/C17H13ClN2/c18-10-17-15(13-4-2-8-19-11-13)6-1-7-16(17)14-5-3-9-20-12-14/h1-9,11-12H,10H2. The van der Waals surface area contributed by atoms with Crippen molar-refractivity contribution in [1.82, 2.24) is 9.97 Å². The topological polar surface area (TPSA) is 25.8 Å². The highest BCUT2D eigenvalue weighted by molar-refractivity contribution is 6.18. The Morgan fingerprint density at radius 2 is 1.30 bits per heavy atom. The Labute approximate surface area is 123 Å². The van der Waals surface area contributed by atoms with Crippen LogP contribution in [-0.2, 0) is 5.88 Å². The van der Waals surface area contributed by atoms with Gasteiger partial charge in [0.15, 0.2) is 0 Å². The Hall–Kier alpha value is -2.19. The third-order valence-electron chi connectivity index (χ3n) is 3.25. The summed E-state index contributed by atoms with van der Waals surface area (Å²) >= 11 is 6.20. The number of aromatic nitrogens is 2. The number of halogens is 1. The fourth-order valence-electron chi connectivity index (χ4n) is 2.32. The van der Waals surface area contributed by atoms with E-state index in [9.17, 15) is 0 Å². The lowest BCUT2D eigenvalue weighted by atomic mass is 9.94. The Kier molecular flexibility index (Phi) is 3.75. The molecule has 20 heavy (non-hydrogen) atoms. The predicted molar refractivity (Wildman–Crippen MR) is 82.5 cm³/mol. The van der Waals surface area contributed by atoms with Gasteiger partial charge in [0.25, 0.3) is 0 Å². The van der Waals surface area contributed by atoms with Gasteiger partial charge in [-0.1, -0.05) is 30.3 Å². The van der Waals surface area contributed by atoms with E-state index in [0.29, 0.717) is 5.88 Å². The fourth-order valence-corrected chi connectivity index (χ4v) is 2.60. The van der Waals surface area contributed by atoms with Gasteiger partial charge in [0.05, 0.1) is 0 Å². The first-order valence-electron chi connectivity index (χ1n) is 6.39. The number of rotatable bonds is 3. The zero-order valence-corrected chi connectivity index (χ0v) is 11.6. The van der Waals surface area contributed by atoms with Gasteiger partial charge in [0.2, 0.25) is 0 Å². The minimum Gasteiger partial charge on any atom is -0.264 e. The van der Waals surface area contributed by atoms with Gasteiger partial charge in [-0.05, 0) is 28.8 Å². The summed E-state index contributed by atoms with van der Waals surface area (Å²) in [6.07, 6.45) is 7.26. The smallest absolute Gasteiger partial charge is 0.0486 e. The highest BCUT2D eigenvalue weighted by Gasteiger charge is 2.10. The van der Waals surface area contributed by atoms with E-state index in [1.54, 1.807) is 12.4 Å². The average molecular weight is 281 g/mol. The summed E-state index contributed by atoms with van der Waals surface area (Å²) in [5.41, 5.74) is 5.50. The molecule has 0 aliphatic carbocycles. The van der Waals surface area contributed by atoms with Crippen molar-refractivity contribution in [3.63, 3.8) is 0 Å². The van der Waals surface area contributed by atoms with Gasteiger partial charge in [-0.25, -0.2) is 0 Å². The molecule has 0 saturated heterocycles. The SMILES string of the molecule is ClCc1c(-c2cccnc2)cccc1-c1cccnc1. The van der Waals surface area contributed by atoms with Crippen LogP contribution in [0.2, 0.25) is 0 Å². The van der Waals surface area contributed by atoms with Gasteiger partial charge in [-0.3, -0.25) is 9.97 Å². The first-order valence-corrected chi connectivity index (χ1v) is 6.92. The van der Waals surface area contributed by atoms with E-state index >= 15 is 0 Å². The van der Waals surface area contributed by atoms with Gasteiger partial charge >= 0.3 is 0 Å². The lowest BCUT2D eigenvalue weighted by Crippen LogP contribution is -1.92. The number of alkyl halides is 1. The molecule has 2 nitrogen and oxygen atoms in total. The maximum absolute atomic E-state index is 6.20. The zero-order valence-electron chi connectivity index (χ0n) is 10.8. The molecule has 0 aliphatic rings. The van der Waals surface area contributed by atoms with Crippen molar-refractivity contribution in [2.75, 3.05) is 0 Å². The van der Waals surface area contributed by atoms with Crippen molar-refractivity contribution in [3.05, 3.63) is 72.8 Å². The maximum atomic E-state index is 6.20. The molecule has 0 unspecified atom stereocenters. The van der Waals surface area contributed by atoms with Gasteiger partial charge in [0, 0.05) is 41.8 Å². The van der Waals surface area contributed by atoms with Crippen LogP contribution in [0, 0.1) is 0 Å². The number of hydrogen-bond donors (Lipinski definition) is 0. The van der Waals surface area contributed by atoms with Crippen molar-refractivity contribution in [1.29, 1.82) is 0 Å². The summed E-state index contributed by atoms with van der Waals surface area (Å²) < 4.78 is 0. The molecule has 0 amide bonds.